The fourth-order valence-corrected chi connectivity index (χ4v) is 3.50. The summed E-state index contributed by atoms with van der Waals surface area (Å²) in [6.45, 7) is 7.58. The molecule has 18 heavy (non-hydrogen) atoms. The lowest BCUT2D eigenvalue weighted by Crippen LogP contribution is -2.02. The first-order valence-electron chi connectivity index (χ1n) is 6.19. The van der Waals surface area contributed by atoms with Crippen LogP contribution in [0.5, 0.6) is 0 Å². The Kier molecular flexibility index (Phi) is 4.54. The highest BCUT2D eigenvalue weighted by Gasteiger charge is 2.14. The van der Waals surface area contributed by atoms with Crippen molar-refractivity contribution in [1.82, 2.24) is 9.97 Å². The Hall–Kier alpha value is -0.710. The maximum Gasteiger partial charge on any atom is 0.141 e. The van der Waals surface area contributed by atoms with Crippen molar-refractivity contribution in [2.45, 2.75) is 33.6 Å². The minimum absolute atomic E-state index is 0.577. The molecule has 3 nitrogen and oxygen atoms in total. The molecule has 0 N–H and O–H groups in total. The first-order chi connectivity index (χ1) is 8.67. The minimum Gasteiger partial charge on any atom is -0.381 e. The van der Waals surface area contributed by atoms with E-state index >= 15 is 0 Å². The third-order valence-electron chi connectivity index (χ3n) is 2.88. The summed E-state index contributed by atoms with van der Waals surface area (Å²) in [5, 5.41) is 1.61. The van der Waals surface area contributed by atoms with E-state index in [0.717, 1.165) is 22.5 Å². The molecule has 2 aromatic heterocycles. The zero-order valence-corrected chi connectivity index (χ0v) is 12.5. The Morgan fingerprint density at radius 3 is 2.72 bits per heavy atom. The molecule has 0 aromatic carbocycles. The lowest BCUT2D eigenvalue weighted by atomic mass is 10.1. The second-order valence-electron chi connectivity index (χ2n) is 4.05. The summed E-state index contributed by atoms with van der Waals surface area (Å²) >= 11 is 7.98. The number of hydrogen-bond donors (Lipinski definition) is 0. The normalized spacial score (nSPS) is 11.3. The molecule has 0 unspecified atom stereocenters. The maximum absolute atomic E-state index is 6.29. The number of nitrogens with zero attached hydrogens (tertiary/aromatic N) is 2. The number of thiophene rings is 1. The van der Waals surface area contributed by atoms with Crippen LogP contribution in [0.2, 0.25) is 5.15 Å². The second-order valence-corrected chi connectivity index (χ2v) is 5.61. The zero-order chi connectivity index (χ0) is 13.1. The zero-order valence-electron chi connectivity index (χ0n) is 10.9. The van der Waals surface area contributed by atoms with Gasteiger partial charge in [0.05, 0.1) is 12.0 Å². The Morgan fingerprint density at radius 1 is 1.28 bits per heavy atom. The summed E-state index contributed by atoms with van der Waals surface area (Å²) in [6, 6.07) is 0. The molecule has 0 spiro atoms. The van der Waals surface area contributed by atoms with Gasteiger partial charge in [-0.1, -0.05) is 18.5 Å². The van der Waals surface area contributed by atoms with E-state index in [0.29, 0.717) is 24.8 Å². The fraction of sp³-hybridized carbons (Fsp3) is 0.538. The SMILES string of the molecule is CCOCCc1nc(Cl)c2c(CC)c(C)sc2n1. The number of rotatable bonds is 5. The Balaban J connectivity index is 2.37. The number of hydrogen-bond acceptors (Lipinski definition) is 4. The van der Waals surface area contributed by atoms with E-state index in [1.807, 2.05) is 6.92 Å². The number of ether oxygens (including phenoxy) is 1. The highest BCUT2D eigenvalue weighted by atomic mass is 35.5. The second kappa shape index (κ2) is 5.95. The van der Waals surface area contributed by atoms with Crippen LogP contribution in [0, 0.1) is 6.92 Å². The van der Waals surface area contributed by atoms with Crippen LogP contribution in [0.4, 0.5) is 0 Å². The van der Waals surface area contributed by atoms with Crippen molar-refractivity contribution in [3.8, 4) is 0 Å². The highest BCUT2D eigenvalue weighted by molar-refractivity contribution is 7.18. The predicted molar refractivity (Wildman–Crippen MR) is 76.7 cm³/mol. The molecule has 0 aliphatic heterocycles. The lowest BCUT2D eigenvalue weighted by Gasteiger charge is -2.03. The first-order valence-corrected chi connectivity index (χ1v) is 7.38. The summed E-state index contributed by atoms with van der Waals surface area (Å²) in [4.78, 5) is 11.2. The van der Waals surface area contributed by atoms with Gasteiger partial charge < -0.3 is 4.74 Å². The van der Waals surface area contributed by atoms with Gasteiger partial charge in [-0.25, -0.2) is 9.97 Å². The molecular formula is C13H17ClN2OS. The molecule has 0 aliphatic rings. The topological polar surface area (TPSA) is 35.0 Å². The van der Waals surface area contributed by atoms with Crippen molar-refractivity contribution in [2.75, 3.05) is 13.2 Å². The summed E-state index contributed by atoms with van der Waals surface area (Å²) in [5.41, 5.74) is 1.27. The van der Waals surface area contributed by atoms with Crippen molar-refractivity contribution < 1.29 is 4.74 Å². The minimum atomic E-state index is 0.577. The number of halogens is 1. The van der Waals surface area contributed by atoms with Gasteiger partial charge in [-0.3, -0.25) is 0 Å². The van der Waals surface area contributed by atoms with Gasteiger partial charge in [0.1, 0.15) is 15.8 Å². The third-order valence-corrected chi connectivity index (χ3v) is 4.20. The number of aromatic nitrogens is 2. The Morgan fingerprint density at radius 2 is 2.06 bits per heavy atom. The van der Waals surface area contributed by atoms with Crippen molar-refractivity contribution >= 4 is 33.2 Å². The molecular weight excluding hydrogens is 268 g/mol. The van der Waals surface area contributed by atoms with E-state index in [9.17, 15) is 0 Å². The van der Waals surface area contributed by atoms with Gasteiger partial charge in [-0.05, 0) is 25.8 Å². The molecule has 0 bridgehead atoms. The van der Waals surface area contributed by atoms with Crippen LogP contribution in [-0.4, -0.2) is 23.2 Å². The van der Waals surface area contributed by atoms with E-state index in [1.54, 1.807) is 11.3 Å². The third kappa shape index (κ3) is 2.66. The summed E-state index contributed by atoms with van der Waals surface area (Å²) in [6.07, 6.45) is 1.68. The van der Waals surface area contributed by atoms with Gasteiger partial charge in [0.15, 0.2) is 0 Å². The van der Waals surface area contributed by atoms with Crippen LogP contribution in [0.15, 0.2) is 0 Å². The first kappa shape index (κ1) is 13.7. The Bertz CT molecular complexity index is 553. The van der Waals surface area contributed by atoms with Gasteiger partial charge in [-0.15, -0.1) is 11.3 Å². The van der Waals surface area contributed by atoms with E-state index in [-0.39, 0.29) is 0 Å². The average molecular weight is 285 g/mol. The van der Waals surface area contributed by atoms with E-state index in [1.165, 1.54) is 10.4 Å². The van der Waals surface area contributed by atoms with Crippen molar-refractivity contribution in [1.29, 1.82) is 0 Å². The molecule has 2 heterocycles. The van der Waals surface area contributed by atoms with Crippen molar-refractivity contribution in [3.05, 3.63) is 21.4 Å². The molecule has 0 atom stereocenters. The fourth-order valence-electron chi connectivity index (χ4n) is 2.01. The smallest absolute Gasteiger partial charge is 0.141 e. The lowest BCUT2D eigenvalue weighted by molar-refractivity contribution is 0.149. The quantitative estimate of drug-likeness (QED) is 0.619. The molecule has 5 heteroatoms. The van der Waals surface area contributed by atoms with Crippen LogP contribution in [-0.2, 0) is 17.6 Å². The molecule has 0 aliphatic carbocycles. The van der Waals surface area contributed by atoms with E-state index in [4.69, 9.17) is 16.3 Å². The van der Waals surface area contributed by atoms with Gasteiger partial charge in [-0.2, -0.15) is 0 Å². The molecule has 2 aromatic rings. The summed E-state index contributed by atoms with van der Waals surface area (Å²) in [5.74, 6) is 0.768. The van der Waals surface area contributed by atoms with Crippen LogP contribution in [0.1, 0.15) is 30.1 Å². The Labute approximate surface area is 116 Å². The van der Waals surface area contributed by atoms with Gasteiger partial charge in [0, 0.05) is 17.9 Å². The molecule has 2 rings (SSSR count). The average Bonchev–Trinajstić information content (AvgIpc) is 2.65. The molecule has 0 radical (unpaired) electrons. The molecule has 0 amide bonds. The highest BCUT2D eigenvalue weighted by Crippen LogP contribution is 2.33. The van der Waals surface area contributed by atoms with Gasteiger partial charge in [0.25, 0.3) is 0 Å². The molecule has 0 fully saturated rings. The van der Waals surface area contributed by atoms with Crippen LogP contribution in [0.25, 0.3) is 10.2 Å². The molecule has 98 valence electrons. The van der Waals surface area contributed by atoms with Gasteiger partial charge in [0.2, 0.25) is 0 Å². The molecule has 0 saturated carbocycles. The van der Waals surface area contributed by atoms with Gasteiger partial charge >= 0.3 is 0 Å². The monoisotopic (exact) mass is 284 g/mol. The van der Waals surface area contributed by atoms with Crippen molar-refractivity contribution in [3.63, 3.8) is 0 Å². The van der Waals surface area contributed by atoms with E-state index < -0.39 is 0 Å². The number of fused-ring (bicyclic) bond motifs is 1. The number of aryl methyl sites for hydroxylation is 2. The standard InChI is InChI=1S/C13H17ClN2OS/c1-4-9-8(3)18-13-11(9)12(14)15-10(16-13)6-7-17-5-2/h4-7H2,1-3H3. The van der Waals surface area contributed by atoms with E-state index in [2.05, 4.69) is 23.8 Å². The van der Waals surface area contributed by atoms with Crippen LogP contribution in [0.3, 0.4) is 0 Å². The summed E-state index contributed by atoms with van der Waals surface area (Å²) in [7, 11) is 0. The van der Waals surface area contributed by atoms with Crippen molar-refractivity contribution in [2.24, 2.45) is 0 Å². The molecule has 0 saturated heterocycles. The summed E-state index contributed by atoms with van der Waals surface area (Å²) < 4.78 is 5.32. The van der Waals surface area contributed by atoms with Crippen LogP contribution < -0.4 is 0 Å². The maximum atomic E-state index is 6.29. The largest absolute Gasteiger partial charge is 0.381 e. The van der Waals surface area contributed by atoms with Crippen LogP contribution >= 0.6 is 22.9 Å². The predicted octanol–water partition coefficient (Wildman–Crippen LogP) is 3.79.